The molecule has 3 saturated carbocycles. The van der Waals surface area contributed by atoms with E-state index in [4.69, 9.17) is 46.9 Å². The summed E-state index contributed by atoms with van der Waals surface area (Å²) in [5.74, 6) is -0.0498. The van der Waals surface area contributed by atoms with Crippen LogP contribution in [0.15, 0.2) is 0 Å². The van der Waals surface area contributed by atoms with Crippen molar-refractivity contribution < 1.29 is 57.6 Å². The fourth-order valence-corrected chi connectivity index (χ4v) is 11.0. The first-order valence-corrected chi connectivity index (χ1v) is 23.4. The number of hydrogen-bond acceptors (Lipinski definition) is 11. The van der Waals surface area contributed by atoms with Crippen LogP contribution < -0.4 is 0 Å². The molecule has 3 aliphatic heterocycles. The van der Waals surface area contributed by atoms with E-state index in [0.29, 0.717) is 63.9 Å². The zero-order chi connectivity index (χ0) is 50.6. The number of methoxy groups -OCH3 is 2. The molecule has 3 aliphatic carbocycles. The largest absolute Gasteiger partial charge is 0.481 e. The van der Waals surface area contributed by atoms with Crippen LogP contribution in [-0.4, -0.2) is 163 Å². The van der Waals surface area contributed by atoms with Crippen molar-refractivity contribution in [3.63, 3.8) is 0 Å². The zero-order valence-corrected chi connectivity index (χ0v) is 42.8. The molecule has 0 bridgehead atoms. The maximum atomic E-state index is 12.2. The Bertz CT molecular complexity index is 1720. The lowest BCUT2D eigenvalue weighted by Crippen LogP contribution is -2.68. The Morgan fingerprint density at radius 1 is 0.603 bits per heavy atom. The molecule has 6 fully saturated rings. The number of ether oxygens (including phenoxy) is 5. The lowest BCUT2D eigenvalue weighted by Gasteiger charge is -2.63. The van der Waals surface area contributed by atoms with Gasteiger partial charge < -0.3 is 43.5 Å². The number of carboxylic acids is 1. The molecule has 0 aromatic carbocycles. The van der Waals surface area contributed by atoms with Crippen LogP contribution in [0.2, 0.25) is 0 Å². The predicted octanol–water partition coefficient (Wildman–Crippen LogP) is 7.53. The van der Waals surface area contributed by atoms with Crippen LogP contribution in [0, 0.1) is 44.8 Å². The Hall–Kier alpha value is -3.46. The highest BCUT2D eigenvalue weighted by Gasteiger charge is 2.66. The standard InChI is InChI=1S/C17H29NO4.C16H27NO4.C13H21NO4.2CH4.B5/c1-12(2)7-17(13(19)21-6)8-16(9-17)10-18(11-16)14(20)22-15(3,4)5;1-11(2)6-16(12(18)19)7-15(8-16)9-17(10-15)13(20)21-14(3,4)5;1-12(2,3)18-11(16)14-7-13(8-14)5-9(6-13)10(15)17-4;;;1-4-5(2)3/h12H,7-11H2,1-6H3;11H,6-10H2,1-5H3,(H,18,19);9H,5-8H2,1-4H3;2*1H4;. The van der Waals surface area contributed by atoms with Crippen molar-refractivity contribution in [2.75, 3.05) is 53.5 Å². The highest BCUT2D eigenvalue weighted by molar-refractivity contribution is 7.60. The SMILES string of the molecule is C.C.CC(C)CC1(C(=O)O)CC2(CN(C(=O)OC(C)(C)C)C2)C1.COC(=O)C1(CC(C)C)CC2(CN(C(=O)OC(C)(C)C)C2)C1.COC(=O)C1CC2(C1)CN(C(=O)OC(C)(C)C)C2.[B][B]B([B])[B]. The molecular formula is C48H85B5N3O12. The monoisotopic (exact) mass is 951 g/mol. The van der Waals surface area contributed by atoms with E-state index in [9.17, 15) is 33.9 Å². The first kappa shape index (κ1) is 62.6. The van der Waals surface area contributed by atoms with E-state index in [1.165, 1.54) is 21.3 Å². The molecule has 0 unspecified atom stereocenters. The summed E-state index contributed by atoms with van der Waals surface area (Å²) in [7, 11) is 18.7. The number of hydrogen-bond donors (Lipinski definition) is 1. The van der Waals surface area contributed by atoms with Gasteiger partial charge in [-0.25, -0.2) is 14.4 Å². The molecule has 0 atom stereocenters. The molecule has 1 N–H and O–H groups in total. The Balaban J connectivity index is 0.000000480. The van der Waals surface area contributed by atoms with Crippen molar-refractivity contribution in [2.45, 2.75) is 173 Å². The average Bonchev–Trinajstić information content (AvgIpc) is 3.05. The highest BCUT2D eigenvalue weighted by atomic mass is 16.6. The van der Waals surface area contributed by atoms with Gasteiger partial charge >= 0.3 is 36.2 Å². The molecule has 0 aromatic heterocycles. The van der Waals surface area contributed by atoms with Crippen molar-refractivity contribution in [3.8, 4) is 0 Å². The van der Waals surface area contributed by atoms with Gasteiger partial charge in [0.05, 0.1) is 31.0 Å². The van der Waals surface area contributed by atoms with Crippen LogP contribution >= 0.6 is 0 Å². The van der Waals surface area contributed by atoms with Gasteiger partial charge in [0.15, 0.2) is 0 Å². The molecular weight excluding hydrogens is 865 g/mol. The molecule has 3 saturated heterocycles. The van der Waals surface area contributed by atoms with Crippen LogP contribution in [0.5, 0.6) is 0 Å². The van der Waals surface area contributed by atoms with Gasteiger partial charge in [-0.15, -0.1) is 0 Å². The second-order valence-electron chi connectivity index (χ2n) is 24.2. The lowest BCUT2D eigenvalue weighted by atomic mass is 8.97. The van der Waals surface area contributed by atoms with Gasteiger partial charge in [-0.3, -0.25) is 14.4 Å². The summed E-state index contributed by atoms with van der Waals surface area (Å²) >= 11 is 0. The first-order chi connectivity index (χ1) is 30.0. The van der Waals surface area contributed by atoms with Crippen LogP contribution in [-0.2, 0) is 38.1 Å². The maximum absolute atomic E-state index is 12.2. The summed E-state index contributed by atoms with van der Waals surface area (Å²) < 4.78 is 25.7. The number of esters is 2. The number of nitrogens with zero attached hydrogens (tertiary/aromatic N) is 3. The maximum Gasteiger partial charge on any atom is 0.410 e. The number of carboxylic acid groups (broad SMARTS) is 1. The van der Waals surface area contributed by atoms with Crippen LogP contribution in [0.4, 0.5) is 14.4 Å². The van der Waals surface area contributed by atoms with E-state index in [1.807, 2.05) is 62.3 Å². The molecule has 15 nitrogen and oxygen atoms in total. The van der Waals surface area contributed by atoms with E-state index in [1.54, 1.807) is 14.7 Å². The van der Waals surface area contributed by atoms with Gasteiger partial charge in [0, 0.05) is 92.2 Å². The second kappa shape index (κ2) is 23.2. The molecule has 20 heteroatoms. The van der Waals surface area contributed by atoms with E-state index < -0.39 is 34.6 Å². The Morgan fingerprint density at radius 3 is 1.15 bits per heavy atom. The fourth-order valence-electron chi connectivity index (χ4n) is 11.0. The molecule has 68 heavy (non-hydrogen) atoms. The van der Waals surface area contributed by atoms with Gasteiger partial charge in [-0.1, -0.05) is 42.5 Å². The van der Waals surface area contributed by atoms with Gasteiger partial charge in [-0.2, -0.15) is 0 Å². The third-order valence-corrected chi connectivity index (χ3v) is 12.8. The Labute approximate surface area is 415 Å². The molecule has 3 spiro atoms. The predicted molar refractivity (Wildman–Crippen MR) is 270 cm³/mol. The molecule has 7 radical (unpaired) electrons. The molecule has 3 amide bonds. The third-order valence-electron chi connectivity index (χ3n) is 12.8. The molecule has 6 rings (SSSR count). The summed E-state index contributed by atoms with van der Waals surface area (Å²) in [6, 6.07) is 0. The minimum absolute atomic E-state index is 0. The normalized spacial score (nSPS) is 22.7. The van der Waals surface area contributed by atoms with Crippen LogP contribution in [0.3, 0.4) is 0 Å². The number of carbonyl (C=O) groups is 6. The molecule has 0 aromatic rings. The zero-order valence-electron chi connectivity index (χ0n) is 42.8. The summed E-state index contributed by atoms with van der Waals surface area (Å²) in [6.45, 7) is 29.2. The first-order valence-electron chi connectivity index (χ1n) is 23.4. The topological polar surface area (TPSA) is 179 Å². The second-order valence-corrected chi connectivity index (χ2v) is 24.2. The van der Waals surface area contributed by atoms with Crippen molar-refractivity contribution in [3.05, 3.63) is 0 Å². The van der Waals surface area contributed by atoms with Gasteiger partial charge in [0.1, 0.15) is 16.8 Å². The molecule has 6 aliphatic rings. The Kier molecular flexibility index (Phi) is 21.3. The summed E-state index contributed by atoms with van der Waals surface area (Å²) in [5.41, 5.74) is -2.06. The van der Waals surface area contributed by atoms with E-state index in [0.717, 1.165) is 38.5 Å². The smallest absolute Gasteiger partial charge is 0.410 e. The van der Waals surface area contributed by atoms with Crippen LogP contribution in [0.25, 0.3) is 0 Å². The highest BCUT2D eigenvalue weighted by Crippen LogP contribution is 2.63. The van der Waals surface area contributed by atoms with Gasteiger partial charge in [0.25, 0.3) is 0 Å². The summed E-state index contributed by atoms with van der Waals surface area (Å²) in [5, 5.41) is 9.51. The van der Waals surface area contributed by atoms with E-state index >= 15 is 0 Å². The van der Waals surface area contributed by atoms with Crippen LogP contribution in [0.1, 0.15) is 156 Å². The number of likely N-dealkylation sites (tertiary alicyclic amines) is 3. The third kappa shape index (κ3) is 16.6. The summed E-state index contributed by atoms with van der Waals surface area (Å²) in [4.78, 5) is 75.8. The van der Waals surface area contributed by atoms with Crippen molar-refractivity contribution in [1.29, 1.82) is 0 Å². The van der Waals surface area contributed by atoms with Gasteiger partial charge in [0.2, 0.25) is 0 Å². The minimum atomic E-state index is -0.683. The molecule has 379 valence electrons. The summed E-state index contributed by atoms with van der Waals surface area (Å²) in [6.07, 6.45) is 5.00. The number of aliphatic carboxylic acids is 1. The van der Waals surface area contributed by atoms with Crippen molar-refractivity contribution in [2.24, 2.45) is 44.8 Å². The molecule has 3 heterocycles. The van der Waals surface area contributed by atoms with Crippen molar-refractivity contribution in [1.82, 2.24) is 14.7 Å². The van der Waals surface area contributed by atoms with E-state index in [2.05, 4.69) is 27.7 Å². The van der Waals surface area contributed by atoms with Crippen molar-refractivity contribution >= 4 is 72.8 Å². The lowest BCUT2D eigenvalue weighted by molar-refractivity contribution is -0.189. The minimum Gasteiger partial charge on any atom is -0.481 e. The quantitative estimate of drug-likeness (QED) is 0.144. The Morgan fingerprint density at radius 2 is 0.897 bits per heavy atom. The number of amides is 3. The number of carbonyl (C=O) groups excluding carboxylic acids is 5. The van der Waals surface area contributed by atoms with E-state index in [-0.39, 0.29) is 72.6 Å². The average molecular weight is 950 g/mol. The van der Waals surface area contributed by atoms with Gasteiger partial charge in [-0.05, 0) is 126 Å². The fraction of sp³-hybridized carbons (Fsp3) is 0.875. The number of rotatable bonds is 8.